The molecule has 0 radical (unpaired) electrons. The molecule has 9 N–H and O–H groups in total. The van der Waals surface area contributed by atoms with E-state index in [1.54, 1.807) is 0 Å². The van der Waals surface area contributed by atoms with Gasteiger partial charge in [0.15, 0.2) is 0 Å². The lowest BCUT2D eigenvalue weighted by Gasteiger charge is -2.71. The number of hydrogen-bond donors (Lipinski definition) is 6. The van der Waals surface area contributed by atoms with Gasteiger partial charge in [-0.05, 0) is 79.6 Å². The summed E-state index contributed by atoms with van der Waals surface area (Å²) in [5, 5.41) is 32.8. The minimum Gasteiger partial charge on any atom is -0.478 e. The highest BCUT2D eigenvalue weighted by molar-refractivity contribution is 5.88. The van der Waals surface area contributed by atoms with Crippen LogP contribution in [0.25, 0.3) is 0 Å². The maximum Gasteiger partial charge on any atom is 0.331 e. The van der Waals surface area contributed by atoms with Gasteiger partial charge in [-0.1, -0.05) is 34.1 Å². The number of carboxylic acid groups (broad SMARTS) is 1. The molecule has 9 nitrogen and oxygen atoms in total. The fourth-order valence-electron chi connectivity index (χ4n) is 9.28. The average Bonchev–Trinajstić information content (AvgIpc) is 3.08. The molecule has 10 atom stereocenters. The Balaban J connectivity index is 1.83. The molecule has 0 bridgehead atoms. The van der Waals surface area contributed by atoms with E-state index in [1.165, 1.54) is 6.92 Å². The number of fused-ring (bicyclic) bond motifs is 5. The molecule has 4 aliphatic carbocycles. The Morgan fingerprint density at radius 3 is 2.26 bits per heavy atom. The second-order valence-corrected chi connectivity index (χ2v) is 13.7. The molecule has 4 saturated carbocycles. The first-order valence-electron chi connectivity index (χ1n) is 14.4. The van der Waals surface area contributed by atoms with Crippen LogP contribution in [-0.4, -0.2) is 62.7 Å². The molecule has 9 heteroatoms. The summed E-state index contributed by atoms with van der Waals surface area (Å²) in [7, 11) is 0. The van der Waals surface area contributed by atoms with Crippen LogP contribution in [0.2, 0.25) is 0 Å². The predicted molar refractivity (Wildman–Crippen MR) is 144 cm³/mol. The van der Waals surface area contributed by atoms with Gasteiger partial charge in [0.05, 0.1) is 12.2 Å². The Labute approximate surface area is 226 Å². The zero-order chi connectivity index (χ0) is 28.4. The van der Waals surface area contributed by atoms with Crippen LogP contribution in [0.4, 0.5) is 0 Å². The maximum absolute atomic E-state index is 12.6. The summed E-state index contributed by atoms with van der Waals surface area (Å²) in [5.74, 6) is -1.77. The molecule has 0 aliphatic heterocycles. The van der Waals surface area contributed by atoms with Gasteiger partial charge in [0.2, 0.25) is 0 Å². The van der Waals surface area contributed by atoms with Crippen molar-refractivity contribution < 1.29 is 29.6 Å². The van der Waals surface area contributed by atoms with E-state index in [0.29, 0.717) is 62.9 Å². The van der Waals surface area contributed by atoms with E-state index in [9.17, 15) is 24.9 Å². The van der Waals surface area contributed by atoms with Gasteiger partial charge >= 0.3 is 11.9 Å². The lowest BCUT2D eigenvalue weighted by atomic mass is 9.37. The highest BCUT2D eigenvalue weighted by Crippen LogP contribution is 2.70. The molecule has 0 aromatic carbocycles. The third kappa shape index (κ3) is 4.15. The van der Waals surface area contributed by atoms with Crippen molar-refractivity contribution in [1.82, 2.24) is 0 Å². The zero-order valence-corrected chi connectivity index (χ0v) is 23.7. The molecule has 0 unspecified atom stereocenters. The number of ether oxygens (including phenoxy) is 1. The van der Waals surface area contributed by atoms with Crippen molar-refractivity contribution in [1.29, 1.82) is 0 Å². The largest absolute Gasteiger partial charge is 0.478 e. The molecule has 4 fully saturated rings. The van der Waals surface area contributed by atoms with E-state index in [2.05, 4.69) is 27.7 Å². The molecule has 0 saturated heterocycles. The Kier molecular flexibility index (Phi) is 7.63. The number of rotatable bonds is 6. The van der Waals surface area contributed by atoms with Crippen molar-refractivity contribution in [3.63, 3.8) is 0 Å². The predicted octanol–water partition coefficient (Wildman–Crippen LogP) is 2.21. The molecule has 0 spiro atoms. The van der Waals surface area contributed by atoms with Gasteiger partial charge in [0, 0.05) is 35.5 Å². The Morgan fingerprint density at radius 1 is 1.05 bits per heavy atom. The van der Waals surface area contributed by atoms with Gasteiger partial charge in [0.1, 0.15) is 6.10 Å². The number of esters is 1. The molecular formula is C29H49N3O6. The lowest BCUT2D eigenvalue weighted by molar-refractivity contribution is -0.201. The molecule has 4 aliphatic rings. The molecule has 0 heterocycles. The summed E-state index contributed by atoms with van der Waals surface area (Å²) in [4.78, 5) is 24.8. The van der Waals surface area contributed by atoms with E-state index in [1.807, 2.05) is 0 Å². The van der Waals surface area contributed by atoms with E-state index in [-0.39, 0.29) is 11.5 Å². The third-order valence-corrected chi connectivity index (χ3v) is 11.4. The molecular weight excluding hydrogens is 486 g/mol. The fourth-order valence-corrected chi connectivity index (χ4v) is 9.28. The molecule has 0 amide bonds. The highest BCUT2D eigenvalue weighted by atomic mass is 16.5. The first-order valence-corrected chi connectivity index (χ1v) is 14.4. The van der Waals surface area contributed by atoms with Crippen molar-refractivity contribution in [3.05, 3.63) is 11.1 Å². The van der Waals surface area contributed by atoms with Crippen LogP contribution in [0.1, 0.15) is 92.4 Å². The summed E-state index contributed by atoms with van der Waals surface area (Å²) in [6.45, 7) is 9.69. The van der Waals surface area contributed by atoms with Crippen LogP contribution in [0.3, 0.4) is 0 Å². The summed E-state index contributed by atoms with van der Waals surface area (Å²) in [6, 6.07) is -0.629. The lowest BCUT2D eigenvalue weighted by Crippen LogP contribution is -2.82. The number of aliphatic hydroxyl groups excluding tert-OH is 2. The van der Waals surface area contributed by atoms with Gasteiger partial charge < -0.3 is 37.3 Å². The number of nitrogens with two attached hydrogens (primary N) is 3. The van der Waals surface area contributed by atoms with Gasteiger partial charge in [-0.15, -0.1) is 0 Å². The number of carbonyl (C=O) groups excluding carboxylic acids is 1. The molecule has 0 aromatic heterocycles. The Hall–Kier alpha value is -1.52. The van der Waals surface area contributed by atoms with Gasteiger partial charge in [-0.2, -0.15) is 0 Å². The standard InChI is InChI=1S/C29H49N3O6/c1-15(2)7-6-8-17(25(36)37)22-18-13-20(35)23-26(4)10-9-19(34)24(30)29(26,32)12-11-28(23,31)27(18,5)14-21(22)38-16(3)33/h15,18-21,23-24,34-35H,6-14,30-32H2,1-5H3,(H,36,37)/b22-17-/t18-,19+,20+,21-,23-,24+,26+,27-,28+,29+/m0/s1. The van der Waals surface area contributed by atoms with Crippen LogP contribution in [-0.2, 0) is 14.3 Å². The van der Waals surface area contributed by atoms with Gasteiger partial charge in [-0.3, -0.25) is 4.79 Å². The van der Waals surface area contributed by atoms with Crippen molar-refractivity contribution >= 4 is 11.9 Å². The second-order valence-electron chi connectivity index (χ2n) is 13.7. The van der Waals surface area contributed by atoms with E-state index in [4.69, 9.17) is 21.9 Å². The summed E-state index contributed by atoms with van der Waals surface area (Å²) < 4.78 is 5.81. The van der Waals surface area contributed by atoms with Crippen LogP contribution in [0, 0.1) is 28.6 Å². The fraction of sp³-hybridized carbons (Fsp3) is 0.862. The van der Waals surface area contributed by atoms with Crippen molar-refractivity contribution in [2.75, 3.05) is 0 Å². The average molecular weight is 536 g/mol. The van der Waals surface area contributed by atoms with Crippen molar-refractivity contribution in [3.8, 4) is 0 Å². The summed E-state index contributed by atoms with van der Waals surface area (Å²) in [6.07, 6.45) is 2.48. The number of carboxylic acids is 1. The van der Waals surface area contributed by atoms with Crippen LogP contribution in [0.15, 0.2) is 11.1 Å². The third-order valence-electron chi connectivity index (χ3n) is 11.4. The van der Waals surface area contributed by atoms with Crippen LogP contribution < -0.4 is 17.2 Å². The monoisotopic (exact) mass is 535 g/mol. The SMILES string of the molecule is CC(=O)O[C@H]1C[C@@]2(C)[C@@H](C[C@@H](O)[C@@H]3[C@]2(N)CC[C@@]2(N)[C@H](N)[C@H](O)CC[C@]32C)/C1=C(\CCCC(C)C)C(=O)O. The van der Waals surface area contributed by atoms with E-state index >= 15 is 0 Å². The minimum absolute atomic E-state index is 0.290. The Bertz CT molecular complexity index is 1000. The number of carbonyl (C=O) groups is 2. The molecule has 38 heavy (non-hydrogen) atoms. The maximum atomic E-state index is 12.6. The number of hydrogen-bond acceptors (Lipinski definition) is 8. The Morgan fingerprint density at radius 2 is 1.68 bits per heavy atom. The quantitative estimate of drug-likeness (QED) is 0.219. The molecule has 4 rings (SSSR count). The molecule has 0 aromatic rings. The zero-order valence-electron chi connectivity index (χ0n) is 23.7. The van der Waals surface area contributed by atoms with E-state index in [0.717, 1.165) is 6.42 Å². The van der Waals surface area contributed by atoms with Crippen LogP contribution in [0.5, 0.6) is 0 Å². The normalized spacial score (nSPS) is 47.7. The van der Waals surface area contributed by atoms with Crippen LogP contribution >= 0.6 is 0 Å². The molecule has 216 valence electrons. The first-order chi connectivity index (χ1) is 17.5. The van der Waals surface area contributed by atoms with Gasteiger partial charge in [0.25, 0.3) is 0 Å². The van der Waals surface area contributed by atoms with Crippen molar-refractivity contribution in [2.24, 2.45) is 45.8 Å². The highest BCUT2D eigenvalue weighted by Gasteiger charge is 2.74. The van der Waals surface area contributed by atoms with Crippen molar-refractivity contribution in [2.45, 2.75) is 128 Å². The minimum atomic E-state index is -1.00. The summed E-state index contributed by atoms with van der Waals surface area (Å²) >= 11 is 0. The number of aliphatic carboxylic acids is 1. The topological polar surface area (TPSA) is 182 Å². The smallest absolute Gasteiger partial charge is 0.331 e. The second kappa shape index (κ2) is 9.84. The summed E-state index contributed by atoms with van der Waals surface area (Å²) in [5.41, 5.74) is 18.9. The first kappa shape index (κ1) is 29.5. The van der Waals surface area contributed by atoms with E-state index < -0.39 is 64.1 Å². The van der Waals surface area contributed by atoms with Gasteiger partial charge in [-0.25, -0.2) is 4.79 Å². The number of aliphatic hydroxyl groups is 2.